The van der Waals surface area contributed by atoms with Crippen molar-refractivity contribution >= 4 is 71.1 Å². The second kappa shape index (κ2) is 10.1. The predicted molar refractivity (Wildman–Crippen MR) is 198 cm³/mol. The number of fused-ring (bicyclic) bond motifs is 9. The molecule has 10 rings (SSSR count). The van der Waals surface area contributed by atoms with Crippen molar-refractivity contribution in [3.8, 4) is 28.6 Å². The number of aryl methyl sites for hydroxylation is 1. The van der Waals surface area contributed by atoms with Gasteiger partial charge in [-0.3, -0.25) is 0 Å². The maximum absolute atomic E-state index is 10.6. The number of hydrogen-bond donors (Lipinski definition) is 0. The maximum atomic E-state index is 10.6. The van der Waals surface area contributed by atoms with Crippen LogP contribution in [0.3, 0.4) is 0 Å². The van der Waals surface area contributed by atoms with Crippen LogP contribution in [0.4, 0.5) is 0 Å². The van der Waals surface area contributed by atoms with Crippen molar-refractivity contribution in [3.05, 3.63) is 149 Å². The van der Waals surface area contributed by atoms with Crippen molar-refractivity contribution in [2.45, 2.75) is 12.8 Å². The molecule has 9 aromatic rings. The van der Waals surface area contributed by atoms with E-state index in [9.17, 15) is 5.26 Å². The van der Waals surface area contributed by atoms with Crippen LogP contribution in [0.15, 0.2) is 133 Å². The molecule has 0 fully saturated rings. The summed E-state index contributed by atoms with van der Waals surface area (Å²) in [6.45, 7) is 0. The molecule has 0 bridgehead atoms. The summed E-state index contributed by atoms with van der Waals surface area (Å²) in [6, 6.07) is 48.0. The van der Waals surface area contributed by atoms with Gasteiger partial charge in [-0.2, -0.15) is 5.26 Å². The Hall–Kier alpha value is -5.89. The number of benzene rings is 6. The summed E-state index contributed by atoms with van der Waals surface area (Å²) < 4.78 is 5.98. The second-order valence-electron chi connectivity index (χ2n) is 12.3. The lowest BCUT2D eigenvalue weighted by Gasteiger charge is -2.17. The van der Waals surface area contributed by atoms with Crippen molar-refractivity contribution in [2.24, 2.45) is 0 Å². The average molecular weight is 618 g/mol. The zero-order valence-electron chi connectivity index (χ0n) is 25.4. The van der Waals surface area contributed by atoms with Gasteiger partial charge >= 0.3 is 0 Å². The van der Waals surface area contributed by atoms with Gasteiger partial charge in [-0.1, -0.05) is 91.0 Å². The number of nitriles is 1. The van der Waals surface area contributed by atoms with E-state index in [1.54, 1.807) is 0 Å². The van der Waals surface area contributed by atoms with Crippen LogP contribution in [-0.4, -0.2) is 9.13 Å². The fraction of sp³-hybridized carbons (Fsp3) is 0.0465. The molecule has 0 spiro atoms. The largest absolute Gasteiger partial charge is 0.309 e. The van der Waals surface area contributed by atoms with Crippen LogP contribution in [0.1, 0.15) is 22.4 Å². The quantitative estimate of drug-likeness (QED) is 0.194. The summed E-state index contributed by atoms with van der Waals surface area (Å²) in [4.78, 5) is 1.46. The molecule has 1 aliphatic rings. The summed E-state index contributed by atoms with van der Waals surface area (Å²) in [5.74, 6) is 0. The fourth-order valence-electron chi connectivity index (χ4n) is 7.77. The lowest BCUT2D eigenvalue weighted by molar-refractivity contribution is 1.02. The van der Waals surface area contributed by atoms with E-state index in [4.69, 9.17) is 0 Å². The van der Waals surface area contributed by atoms with E-state index >= 15 is 0 Å². The maximum Gasteiger partial charge on any atom is 0.101 e. The SMILES string of the molecule is N#Cc1cccc(-c2cccc(-n3c4ccccc4c4ccccc43)c2)c1-n1c2ccccc2c2cc3c4c(sc3cc21)CCC=C4. The van der Waals surface area contributed by atoms with Gasteiger partial charge in [0, 0.05) is 47.8 Å². The molecule has 47 heavy (non-hydrogen) atoms. The Balaban J connectivity index is 1.26. The Kier molecular flexibility index (Phi) is 5.64. The summed E-state index contributed by atoms with van der Waals surface area (Å²) in [6.07, 6.45) is 6.79. The number of thiophene rings is 1. The molecule has 0 amide bonds. The molecule has 0 radical (unpaired) electrons. The predicted octanol–water partition coefficient (Wildman–Crippen LogP) is 11.6. The van der Waals surface area contributed by atoms with Crippen LogP contribution in [-0.2, 0) is 6.42 Å². The van der Waals surface area contributed by atoms with E-state index in [1.807, 2.05) is 23.5 Å². The summed E-state index contributed by atoms with van der Waals surface area (Å²) in [7, 11) is 0. The van der Waals surface area contributed by atoms with Gasteiger partial charge in [0.1, 0.15) is 6.07 Å². The minimum absolute atomic E-state index is 0.654. The van der Waals surface area contributed by atoms with E-state index in [2.05, 4.69) is 143 Å². The zero-order chi connectivity index (χ0) is 31.1. The first-order valence-electron chi connectivity index (χ1n) is 16.1. The molecule has 220 valence electrons. The monoisotopic (exact) mass is 617 g/mol. The van der Waals surface area contributed by atoms with Crippen LogP contribution in [0.25, 0.3) is 82.3 Å². The molecule has 0 saturated heterocycles. The van der Waals surface area contributed by atoms with E-state index in [1.165, 1.54) is 53.1 Å². The molecule has 6 aromatic carbocycles. The lowest BCUT2D eigenvalue weighted by atomic mass is 9.99. The molecular weight excluding hydrogens is 591 g/mol. The molecular formula is C43H27N3S. The van der Waals surface area contributed by atoms with Crippen LogP contribution in [0, 0.1) is 11.3 Å². The molecule has 3 heterocycles. The van der Waals surface area contributed by atoms with Gasteiger partial charge in [-0.05, 0) is 72.5 Å². The van der Waals surface area contributed by atoms with Gasteiger partial charge < -0.3 is 9.13 Å². The Bertz CT molecular complexity index is 2760. The number of rotatable bonds is 3. The highest BCUT2D eigenvalue weighted by atomic mass is 32.1. The number of para-hydroxylation sites is 4. The highest BCUT2D eigenvalue weighted by molar-refractivity contribution is 7.19. The molecule has 3 nitrogen and oxygen atoms in total. The van der Waals surface area contributed by atoms with Crippen LogP contribution in [0.5, 0.6) is 0 Å². The second-order valence-corrected chi connectivity index (χ2v) is 13.5. The van der Waals surface area contributed by atoms with E-state index in [0.29, 0.717) is 5.56 Å². The van der Waals surface area contributed by atoms with Crippen molar-refractivity contribution in [1.82, 2.24) is 9.13 Å². The van der Waals surface area contributed by atoms with Gasteiger partial charge in [0.05, 0.1) is 33.3 Å². The first kappa shape index (κ1) is 26.3. The number of aromatic nitrogens is 2. The summed E-state index contributed by atoms with van der Waals surface area (Å²) in [5, 5.41) is 16.8. The van der Waals surface area contributed by atoms with Gasteiger partial charge in [0.15, 0.2) is 0 Å². The van der Waals surface area contributed by atoms with Crippen LogP contribution < -0.4 is 0 Å². The molecule has 0 aliphatic heterocycles. The van der Waals surface area contributed by atoms with Gasteiger partial charge in [0.2, 0.25) is 0 Å². The number of allylic oxidation sites excluding steroid dienone is 1. The minimum atomic E-state index is 0.654. The number of nitrogens with zero attached hydrogens (tertiary/aromatic N) is 3. The van der Waals surface area contributed by atoms with Crippen LogP contribution in [0.2, 0.25) is 0 Å². The first-order chi connectivity index (χ1) is 23.3. The van der Waals surface area contributed by atoms with Crippen molar-refractivity contribution in [3.63, 3.8) is 0 Å². The topological polar surface area (TPSA) is 33.6 Å². The third-order valence-corrected chi connectivity index (χ3v) is 11.0. The Labute approximate surface area is 275 Å². The zero-order valence-corrected chi connectivity index (χ0v) is 26.3. The molecule has 0 atom stereocenters. The third-order valence-electron chi connectivity index (χ3n) is 9.80. The molecule has 1 aliphatic carbocycles. The third kappa shape index (κ3) is 3.78. The van der Waals surface area contributed by atoms with Crippen LogP contribution >= 0.6 is 11.3 Å². The van der Waals surface area contributed by atoms with Gasteiger partial charge in [-0.15, -0.1) is 11.3 Å². The Morgan fingerprint density at radius 1 is 0.596 bits per heavy atom. The van der Waals surface area contributed by atoms with E-state index in [-0.39, 0.29) is 0 Å². The molecule has 0 saturated carbocycles. The standard InChI is InChI=1S/C43H27N3S/c44-26-28-12-10-18-30(27-11-9-13-29(23-27)45-37-19-5-1-14-31(37)32-15-2-6-20-38(32)45)43(28)46-39-21-7-3-16-33(39)35-24-36-34-17-4-8-22-41(34)47-42(36)25-40(35)46/h1-7,9-21,23-25H,8,22H2. The molecule has 0 N–H and O–H groups in total. The van der Waals surface area contributed by atoms with Gasteiger partial charge in [-0.25, -0.2) is 0 Å². The molecule has 4 heteroatoms. The van der Waals surface area contributed by atoms with Crippen molar-refractivity contribution in [2.75, 3.05) is 0 Å². The normalized spacial score (nSPS) is 12.8. The van der Waals surface area contributed by atoms with E-state index in [0.717, 1.165) is 46.4 Å². The smallest absolute Gasteiger partial charge is 0.101 e. The minimum Gasteiger partial charge on any atom is -0.309 e. The number of hydrogen-bond acceptors (Lipinski definition) is 2. The summed E-state index contributed by atoms with van der Waals surface area (Å²) in [5.41, 5.74) is 10.7. The highest BCUT2D eigenvalue weighted by Crippen LogP contribution is 2.43. The lowest BCUT2D eigenvalue weighted by Crippen LogP contribution is -2.01. The summed E-state index contributed by atoms with van der Waals surface area (Å²) >= 11 is 1.91. The Morgan fingerprint density at radius 2 is 1.28 bits per heavy atom. The molecule has 3 aromatic heterocycles. The van der Waals surface area contributed by atoms with Crippen molar-refractivity contribution in [1.29, 1.82) is 5.26 Å². The van der Waals surface area contributed by atoms with Crippen molar-refractivity contribution < 1.29 is 0 Å². The fourth-order valence-corrected chi connectivity index (χ4v) is 9.00. The highest BCUT2D eigenvalue weighted by Gasteiger charge is 2.22. The van der Waals surface area contributed by atoms with E-state index < -0.39 is 0 Å². The molecule has 0 unspecified atom stereocenters. The van der Waals surface area contributed by atoms with Gasteiger partial charge in [0.25, 0.3) is 0 Å². The first-order valence-corrected chi connectivity index (χ1v) is 16.9. The Morgan fingerprint density at radius 3 is 2.02 bits per heavy atom. The average Bonchev–Trinajstić information content (AvgIpc) is 3.77.